The van der Waals surface area contributed by atoms with Gasteiger partial charge in [-0.25, -0.2) is 14.6 Å². The molecule has 0 aliphatic heterocycles. The Morgan fingerprint density at radius 2 is 1.94 bits per heavy atom. The van der Waals surface area contributed by atoms with Crippen molar-refractivity contribution in [2.24, 2.45) is 0 Å². The molecule has 0 fully saturated rings. The van der Waals surface area contributed by atoms with Gasteiger partial charge < -0.3 is 20.1 Å². The van der Waals surface area contributed by atoms with Gasteiger partial charge in [0.15, 0.2) is 17.4 Å². The molecule has 36 heavy (non-hydrogen) atoms. The molecular weight excluding hydrogens is 476 g/mol. The smallest absolute Gasteiger partial charge is 0.258 e. The maximum absolute atomic E-state index is 12.4. The zero-order chi connectivity index (χ0) is 25.3. The first-order valence-corrected chi connectivity index (χ1v) is 13.0. The minimum atomic E-state index is -0.191. The van der Waals surface area contributed by atoms with E-state index in [-0.39, 0.29) is 12.5 Å². The van der Waals surface area contributed by atoms with Crippen molar-refractivity contribution < 1.29 is 14.3 Å². The molecule has 1 amide bonds. The highest BCUT2D eigenvalue weighted by Gasteiger charge is 2.14. The fourth-order valence-electron chi connectivity index (χ4n) is 3.64. The second-order valence-electron chi connectivity index (χ2n) is 8.40. The van der Waals surface area contributed by atoms with Gasteiger partial charge in [0.2, 0.25) is 0 Å². The summed E-state index contributed by atoms with van der Waals surface area (Å²) < 4.78 is 12.9. The zero-order valence-corrected chi connectivity index (χ0v) is 21.7. The molecule has 2 heterocycles. The van der Waals surface area contributed by atoms with Crippen LogP contribution in [0.25, 0.3) is 21.8 Å². The lowest BCUT2D eigenvalue weighted by Gasteiger charge is -2.11. The molecule has 0 saturated heterocycles. The van der Waals surface area contributed by atoms with E-state index in [0.29, 0.717) is 49.0 Å². The van der Waals surface area contributed by atoms with E-state index >= 15 is 0 Å². The first kappa shape index (κ1) is 25.7. The van der Waals surface area contributed by atoms with Crippen LogP contribution in [0.3, 0.4) is 0 Å². The molecular formula is C26H32N6O3S. The second kappa shape index (κ2) is 12.5. The van der Waals surface area contributed by atoms with Gasteiger partial charge in [-0.15, -0.1) is 0 Å². The molecule has 0 unspecified atom stereocenters. The summed E-state index contributed by atoms with van der Waals surface area (Å²) in [5.74, 6) is 1.21. The highest BCUT2D eigenvalue weighted by atomic mass is 32.2. The number of hydrogen-bond acceptors (Lipinski definition) is 8. The fourth-order valence-corrected chi connectivity index (χ4v) is 4.35. The summed E-state index contributed by atoms with van der Waals surface area (Å²) in [6, 6.07) is 13.8. The van der Waals surface area contributed by atoms with Crippen LogP contribution in [0.15, 0.2) is 53.8 Å². The monoisotopic (exact) mass is 508 g/mol. The van der Waals surface area contributed by atoms with Gasteiger partial charge in [-0.2, -0.15) is 5.10 Å². The topological polar surface area (TPSA) is 103 Å². The van der Waals surface area contributed by atoms with Gasteiger partial charge >= 0.3 is 0 Å². The van der Waals surface area contributed by atoms with Crippen LogP contribution in [0.2, 0.25) is 0 Å². The lowest BCUT2D eigenvalue weighted by molar-refractivity contribution is -0.123. The van der Waals surface area contributed by atoms with Crippen LogP contribution in [-0.2, 0) is 16.1 Å². The number of hydrogen-bond donors (Lipinski definition) is 2. The number of ether oxygens (including phenoxy) is 2. The number of amides is 1. The minimum Gasteiger partial charge on any atom is -0.484 e. The van der Waals surface area contributed by atoms with Crippen molar-refractivity contribution in [3.05, 3.63) is 48.7 Å². The summed E-state index contributed by atoms with van der Waals surface area (Å²) >= 11 is 1.60. The fraction of sp³-hybridized carbons (Fsp3) is 0.385. The van der Waals surface area contributed by atoms with Gasteiger partial charge in [0.1, 0.15) is 11.6 Å². The number of carbonyl (C=O) groups excluding carboxylic acids is 1. The molecule has 10 heteroatoms. The van der Waals surface area contributed by atoms with Gasteiger partial charge in [-0.1, -0.05) is 55.9 Å². The first-order chi connectivity index (χ1) is 17.5. The van der Waals surface area contributed by atoms with Crippen LogP contribution in [0.1, 0.15) is 20.8 Å². The highest BCUT2D eigenvalue weighted by molar-refractivity contribution is 7.99. The molecule has 0 radical (unpaired) electrons. The van der Waals surface area contributed by atoms with Crippen LogP contribution >= 0.6 is 11.8 Å². The molecule has 0 saturated carbocycles. The maximum atomic E-state index is 12.4. The zero-order valence-electron chi connectivity index (χ0n) is 20.9. The van der Waals surface area contributed by atoms with E-state index in [1.807, 2.05) is 49.4 Å². The molecule has 4 rings (SSSR count). The SMILES string of the molecule is CCOCCNc1nc(SC(C)C)nc2c1cnn2CCNC(=O)COc1ccc2ccccc2c1. The molecule has 4 aromatic rings. The summed E-state index contributed by atoms with van der Waals surface area (Å²) in [5, 5.41) is 14.8. The van der Waals surface area contributed by atoms with Crippen molar-refractivity contribution in [3.8, 4) is 5.75 Å². The highest BCUT2D eigenvalue weighted by Crippen LogP contribution is 2.26. The number of nitrogens with zero attached hydrogens (tertiary/aromatic N) is 4. The van der Waals surface area contributed by atoms with Crippen LogP contribution in [0.4, 0.5) is 5.82 Å². The van der Waals surface area contributed by atoms with Crippen molar-refractivity contribution in [1.82, 2.24) is 25.1 Å². The van der Waals surface area contributed by atoms with E-state index in [0.717, 1.165) is 27.6 Å². The average molecular weight is 509 g/mol. The van der Waals surface area contributed by atoms with E-state index < -0.39 is 0 Å². The largest absolute Gasteiger partial charge is 0.484 e. The Morgan fingerprint density at radius 3 is 2.75 bits per heavy atom. The van der Waals surface area contributed by atoms with Crippen LogP contribution < -0.4 is 15.4 Å². The van der Waals surface area contributed by atoms with Crippen LogP contribution in [-0.4, -0.2) is 63.8 Å². The number of nitrogens with one attached hydrogen (secondary N) is 2. The number of thioether (sulfide) groups is 1. The third-order valence-electron chi connectivity index (χ3n) is 5.30. The van der Waals surface area contributed by atoms with Gasteiger partial charge in [-0.3, -0.25) is 4.79 Å². The Bertz CT molecular complexity index is 1310. The lowest BCUT2D eigenvalue weighted by Crippen LogP contribution is -2.31. The summed E-state index contributed by atoms with van der Waals surface area (Å²) in [6.07, 6.45) is 1.76. The Kier molecular flexibility index (Phi) is 8.96. The summed E-state index contributed by atoms with van der Waals surface area (Å²) in [5.41, 5.74) is 0.730. The molecule has 190 valence electrons. The van der Waals surface area contributed by atoms with E-state index in [4.69, 9.17) is 14.5 Å². The number of fused-ring (bicyclic) bond motifs is 2. The molecule has 0 bridgehead atoms. The van der Waals surface area contributed by atoms with E-state index in [2.05, 4.69) is 34.6 Å². The average Bonchev–Trinajstić information content (AvgIpc) is 3.27. The lowest BCUT2D eigenvalue weighted by atomic mass is 10.1. The van der Waals surface area contributed by atoms with E-state index in [9.17, 15) is 4.79 Å². The first-order valence-electron chi connectivity index (χ1n) is 12.1. The second-order valence-corrected chi connectivity index (χ2v) is 9.94. The molecule has 0 spiro atoms. The summed E-state index contributed by atoms with van der Waals surface area (Å²) in [7, 11) is 0. The molecule has 2 N–H and O–H groups in total. The van der Waals surface area contributed by atoms with Crippen LogP contribution in [0.5, 0.6) is 5.75 Å². The molecule has 9 nitrogen and oxygen atoms in total. The van der Waals surface area contributed by atoms with Gasteiger partial charge in [0.05, 0.1) is 24.7 Å². The van der Waals surface area contributed by atoms with Gasteiger partial charge in [0, 0.05) is 24.9 Å². The van der Waals surface area contributed by atoms with Crippen molar-refractivity contribution in [3.63, 3.8) is 0 Å². The van der Waals surface area contributed by atoms with Crippen molar-refractivity contribution in [2.75, 3.05) is 38.2 Å². The number of rotatable bonds is 13. The summed E-state index contributed by atoms with van der Waals surface area (Å²) in [4.78, 5) is 21.8. The van der Waals surface area contributed by atoms with Crippen LogP contribution in [0, 0.1) is 0 Å². The molecule has 0 atom stereocenters. The van der Waals surface area contributed by atoms with Gasteiger partial charge in [0.25, 0.3) is 5.91 Å². The van der Waals surface area contributed by atoms with Crippen molar-refractivity contribution >= 4 is 45.3 Å². The third-order valence-corrected chi connectivity index (χ3v) is 6.16. The molecule has 2 aromatic heterocycles. The third kappa shape index (κ3) is 6.86. The number of anilines is 1. The minimum absolute atomic E-state index is 0.0521. The Hall–Kier alpha value is -3.37. The van der Waals surface area contributed by atoms with Crippen molar-refractivity contribution in [1.29, 1.82) is 0 Å². The van der Waals surface area contributed by atoms with Crippen molar-refractivity contribution in [2.45, 2.75) is 37.7 Å². The number of benzene rings is 2. The predicted octanol–water partition coefficient (Wildman–Crippen LogP) is 4.12. The number of aromatic nitrogens is 4. The standard InChI is InChI=1S/C26H32N6O3S/c1-4-34-14-12-28-24-22-16-29-32(25(22)31-26(30-24)36-18(2)3)13-11-27-23(33)17-35-21-10-9-19-7-5-6-8-20(19)15-21/h5-10,15-16,18H,4,11-14,17H2,1-3H3,(H,27,33)(H,28,30,31). The summed E-state index contributed by atoms with van der Waals surface area (Å²) in [6.45, 7) is 8.92. The molecule has 2 aromatic carbocycles. The Labute approximate surface area is 215 Å². The number of carbonyl (C=O) groups is 1. The molecule has 0 aliphatic carbocycles. The maximum Gasteiger partial charge on any atom is 0.258 e. The normalized spacial score (nSPS) is 11.3. The Balaban J connectivity index is 1.35. The molecule has 0 aliphatic rings. The Morgan fingerprint density at radius 1 is 1.11 bits per heavy atom. The van der Waals surface area contributed by atoms with Gasteiger partial charge in [-0.05, 0) is 29.8 Å². The quantitative estimate of drug-likeness (QED) is 0.158. The predicted molar refractivity (Wildman–Crippen MR) is 144 cm³/mol. The van der Waals surface area contributed by atoms with E-state index in [1.165, 1.54) is 0 Å². The van der Waals surface area contributed by atoms with E-state index in [1.54, 1.807) is 22.6 Å².